The third-order valence-corrected chi connectivity index (χ3v) is 5.72. The van der Waals surface area contributed by atoms with Crippen LogP contribution in [0, 0.1) is 0 Å². The molecule has 0 spiro atoms. The van der Waals surface area contributed by atoms with Gasteiger partial charge in [-0.05, 0) is 60.0 Å². The van der Waals surface area contributed by atoms with E-state index in [2.05, 4.69) is 22.7 Å². The molecule has 0 aliphatic carbocycles. The molecule has 4 nitrogen and oxygen atoms in total. The van der Waals surface area contributed by atoms with Crippen LogP contribution in [0.15, 0.2) is 84.0 Å². The topological polar surface area (TPSA) is 50.7 Å². The largest absolute Gasteiger partial charge is 0.489 e. The third-order valence-electron chi connectivity index (χ3n) is 4.28. The molecule has 0 aromatic heterocycles. The van der Waals surface area contributed by atoms with Crippen molar-refractivity contribution >= 4 is 35.5 Å². The van der Waals surface area contributed by atoms with Crippen LogP contribution >= 0.6 is 23.4 Å². The van der Waals surface area contributed by atoms with E-state index in [0.29, 0.717) is 11.6 Å². The lowest BCUT2D eigenvalue weighted by Gasteiger charge is -2.09. The van der Waals surface area contributed by atoms with Gasteiger partial charge in [0.1, 0.15) is 12.4 Å². The lowest BCUT2D eigenvalue weighted by Crippen LogP contribution is -2.26. The Labute approximate surface area is 186 Å². The van der Waals surface area contributed by atoms with E-state index in [1.165, 1.54) is 5.56 Å². The summed E-state index contributed by atoms with van der Waals surface area (Å²) >= 11 is 7.56. The zero-order valence-corrected chi connectivity index (χ0v) is 18.2. The molecule has 1 atom stereocenters. The van der Waals surface area contributed by atoms with Crippen molar-refractivity contribution in [2.24, 2.45) is 5.10 Å². The summed E-state index contributed by atoms with van der Waals surface area (Å²) < 4.78 is 5.76. The van der Waals surface area contributed by atoms with Gasteiger partial charge in [-0.15, -0.1) is 11.8 Å². The van der Waals surface area contributed by atoms with E-state index in [1.54, 1.807) is 18.0 Å². The van der Waals surface area contributed by atoms with Gasteiger partial charge >= 0.3 is 0 Å². The number of hydrogen-bond acceptors (Lipinski definition) is 4. The van der Waals surface area contributed by atoms with Crippen molar-refractivity contribution in [2.45, 2.75) is 24.5 Å². The van der Waals surface area contributed by atoms with Gasteiger partial charge in [0, 0.05) is 10.8 Å². The average molecular weight is 439 g/mol. The van der Waals surface area contributed by atoms with Crippen LogP contribution in [-0.4, -0.2) is 17.4 Å². The molecule has 0 fully saturated rings. The molecule has 1 N–H and O–H groups in total. The normalized spacial score (nSPS) is 11.9. The Balaban J connectivity index is 1.42. The van der Waals surface area contributed by atoms with Crippen LogP contribution in [0.5, 0.6) is 5.75 Å². The number of carbonyl (C=O) groups is 1. The van der Waals surface area contributed by atoms with Crippen molar-refractivity contribution in [2.75, 3.05) is 0 Å². The Morgan fingerprint density at radius 1 is 1.07 bits per heavy atom. The van der Waals surface area contributed by atoms with E-state index >= 15 is 0 Å². The quantitative estimate of drug-likeness (QED) is 0.345. The zero-order chi connectivity index (χ0) is 21.2. The van der Waals surface area contributed by atoms with Crippen molar-refractivity contribution in [1.82, 2.24) is 5.43 Å². The highest BCUT2D eigenvalue weighted by Crippen LogP contribution is 2.18. The van der Waals surface area contributed by atoms with Crippen molar-refractivity contribution < 1.29 is 9.53 Å². The minimum absolute atomic E-state index is 0.117. The summed E-state index contributed by atoms with van der Waals surface area (Å²) in [5, 5.41) is 4.56. The molecule has 3 aromatic carbocycles. The van der Waals surface area contributed by atoms with E-state index in [0.717, 1.165) is 22.6 Å². The van der Waals surface area contributed by atoms with Gasteiger partial charge in [-0.3, -0.25) is 4.79 Å². The average Bonchev–Trinajstić information content (AvgIpc) is 2.77. The van der Waals surface area contributed by atoms with Crippen molar-refractivity contribution in [3.8, 4) is 5.75 Å². The van der Waals surface area contributed by atoms with Gasteiger partial charge in [-0.2, -0.15) is 5.10 Å². The maximum atomic E-state index is 12.2. The second-order valence-corrected chi connectivity index (χ2v) is 8.43. The first kappa shape index (κ1) is 21.9. The van der Waals surface area contributed by atoms with Crippen LogP contribution in [0.4, 0.5) is 0 Å². The monoisotopic (exact) mass is 438 g/mol. The van der Waals surface area contributed by atoms with Gasteiger partial charge in [-0.25, -0.2) is 5.43 Å². The van der Waals surface area contributed by atoms with Crippen LogP contribution in [0.2, 0.25) is 5.02 Å². The number of thioether (sulfide) groups is 1. The molecular formula is C24H23ClN2O2S. The molecular weight excluding hydrogens is 416 g/mol. The Morgan fingerprint density at radius 2 is 1.80 bits per heavy atom. The van der Waals surface area contributed by atoms with Crippen molar-refractivity contribution in [3.05, 3.63) is 101 Å². The number of nitrogens with one attached hydrogen (secondary N) is 1. The minimum Gasteiger partial charge on any atom is -0.489 e. The summed E-state index contributed by atoms with van der Waals surface area (Å²) in [6, 6.07) is 25.2. The molecule has 0 aliphatic heterocycles. The molecule has 0 saturated heterocycles. The van der Waals surface area contributed by atoms with Gasteiger partial charge in [0.05, 0.1) is 11.5 Å². The third kappa shape index (κ3) is 7.25. The molecule has 30 heavy (non-hydrogen) atoms. The fourth-order valence-corrected chi connectivity index (χ4v) is 3.63. The number of nitrogens with zero attached hydrogens (tertiary/aromatic N) is 1. The number of rotatable bonds is 9. The number of hydrogen-bond donors (Lipinski definition) is 1. The summed E-state index contributed by atoms with van der Waals surface area (Å²) in [4.78, 5) is 12.2. The first-order chi connectivity index (χ1) is 14.6. The summed E-state index contributed by atoms with van der Waals surface area (Å²) in [5.74, 6) is 1.42. The van der Waals surface area contributed by atoms with Crippen molar-refractivity contribution in [3.63, 3.8) is 0 Å². The molecule has 0 radical (unpaired) electrons. The van der Waals surface area contributed by atoms with Crippen molar-refractivity contribution in [1.29, 1.82) is 0 Å². The first-order valence-electron chi connectivity index (χ1n) is 9.56. The predicted molar refractivity (Wildman–Crippen MR) is 125 cm³/mol. The van der Waals surface area contributed by atoms with Gasteiger partial charge in [0.2, 0.25) is 0 Å². The Bertz CT molecular complexity index is 978. The van der Waals surface area contributed by atoms with Crippen LogP contribution in [-0.2, 0) is 17.2 Å². The van der Waals surface area contributed by atoms with Crippen LogP contribution in [0.25, 0.3) is 0 Å². The second kappa shape index (κ2) is 11.4. The van der Waals surface area contributed by atoms with E-state index in [-0.39, 0.29) is 11.2 Å². The molecule has 0 bridgehead atoms. The smallest absolute Gasteiger partial charge is 0.252 e. The molecule has 1 amide bonds. The van der Waals surface area contributed by atoms with Gasteiger partial charge in [0.15, 0.2) is 0 Å². The van der Waals surface area contributed by atoms with E-state index in [1.807, 2.05) is 73.7 Å². The highest BCUT2D eigenvalue weighted by molar-refractivity contribution is 7.99. The molecule has 0 heterocycles. The molecule has 1 unspecified atom stereocenters. The number of ether oxygens (including phenoxy) is 1. The number of benzene rings is 3. The maximum Gasteiger partial charge on any atom is 0.252 e. The molecule has 154 valence electrons. The summed E-state index contributed by atoms with van der Waals surface area (Å²) in [7, 11) is 0. The second-order valence-electron chi connectivity index (χ2n) is 6.66. The molecule has 0 saturated carbocycles. The lowest BCUT2D eigenvalue weighted by molar-refractivity contribution is -0.120. The van der Waals surface area contributed by atoms with Crippen LogP contribution in [0.3, 0.4) is 0 Å². The predicted octanol–water partition coefficient (Wildman–Crippen LogP) is 5.69. The minimum atomic E-state index is -0.190. The van der Waals surface area contributed by atoms with Crippen LogP contribution in [0.1, 0.15) is 23.6 Å². The fraction of sp³-hybridized carbons (Fsp3) is 0.167. The van der Waals surface area contributed by atoms with Crippen LogP contribution < -0.4 is 10.2 Å². The number of hydrazone groups is 1. The lowest BCUT2D eigenvalue weighted by atomic mass is 10.2. The van der Waals surface area contributed by atoms with Gasteiger partial charge < -0.3 is 4.74 Å². The fourth-order valence-electron chi connectivity index (χ4n) is 2.58. The first-order valence-corrected chi connectivity index (χ1v) is 11.0. The highest BCUT2D eigenvalue weighted by atomic mass is 35.5. The Morgan fingerprint density at radius 3 is 2.53 bits per heavy atom. The Hall–Kier alpha value is -2.76. The van der Waals surface area contributed by atoms with Gasteiger partial charge in [0.25, 0.3) is 5.91 Å². The zero-order valence-electron chi connectivity index (χ0n) is 16.6. The van der Waals surface area contributed by atoms with E-state index < -0.39 is 0 Å². The molecule has 6 heteroatoms. The molecule has 3 aromatic rings. The molecule has 3 rings (SSSR count). The SMILES string of the molecule is CC(SCc1ccccc1)C(=O)NN=Cc1ccc(OCc2cccc(Cl)c2)cc1. The van der Waals surface area contributed by atoms with E-state index in [9.17, 15) is 4.79 Å². The summed E-state index contributed by atoms with van der Waals surface area (Å²) in [6.45, 7) is 2.33. The maximum absolute atomic E-state index is 12.2. The summed E-state index contributed by atoms with van der Waals surface area (Å²) in [5.41, 5.74) is 5.68. The number of carbonyl (C=O) groups excluding carboxylic acids is 1. The van der Waals surface area contributed by atoms with E-state index in [4.69, 9.17) is 16.3 Å². The number of amides is 1. The standard InChI is InChI=1S/C24H23ClN2O2S/c1-18(30-17-20-6-3-2-4-7-20)24(28)27-26-15-19-10-12-23(13-11-19)29-16-21-8-5-9-22(25)14-21/h2-15,18H,16-17H2,1H3,(H,27,28). The summed E-state index contributed by atoms with van der Waals surface area (Å²) in [6.07, 6.45) is 1.62. The molecule has 0 aliphatic rings. The van der Waals surface area contributed by atoms with Gasteiger partial charge in [-0.1, -0.05) is 54.1 Å². The number of halogens is 1. The Kier molecular flexibility index (Phi) is 8.36. The highest BCUT2D eigenvalue weighted by Gasteiger charge is 2.12.